The van der Waals surface area contributed by atoms with Crippen LogP contribution in [0.4, 0.5) is 5.69 Å². The average molecular weight is 433 g/mol. The molecule has 0 saturated heterocycles. The lowest BCUT2D eigenvalue weighted by Gasteiger charge is -2.16. The molecule has 1 N–H and O–H groups in total. The molecule has 1 aromatic carbocycles. The number of rotatable bonds is 6. The molecule has 0 unspecified atom stereocenters. The second-order valence-electron chi connectivity index (χ2n) is 6.86. The summed E-state index contributed by atoms with van der Waals surface area (Å²) in [5, 5.41) is 11.7. The first-order valence-electron chi connectivity index (χ1n) is 9.02. The monoisotopic (exact) mass is 433 g/mol. The SMILES string of the molecule is CCn1cc(C#N)c(=O)n(CC(=O)Nc2cc(S(=O)(=O)N(C)C)cc(C)c2C)c1=O. The molecule has 0 saturated carbocycles. The van der Waals surface area contributed by atoms with Crippen molar-refractivity contribution in [3.05, 3.63) is 55.9 Å². The minimum Gasteiger partial charge on any atom is -0.324 e. The van der Waals surface area contributed by atoms with Crippen LogP contribution >= 0.6 is 0 Å². The average Bonchev–Trinajstić information content (AvgIpc) is 2.68. The number of sulfonamides is 1. The van der Waals surface area contributed by atoms with Crippen LogP contribution in [0.25, 0.3) is 0 Å². The molecule has 0 spiro atoms. The van der Waals surface area contributed by atoms with E-state index in [0.717, 1.165) is 15.1 Å². The first-order valence-corrected chi connectivity index (χ1v) is 10.5. The normalized spacial score (nSPS) is 11.4. The molecule has 0 atom stereocenters. The van der Waals surface area contributed by atoms with Gasteiger partial charge in [0.25, 0.3) is 5.56 Å². The molecule has 160 valence electrons. The Bertz CT molecular complexity index is 1270. The second-order valence-corrected chi connectivity index (χ2v) is 9.01. The van der Waals surface area contributed by atoms with Gasteiger partial charge in [0.2, 0.25) is 15.9 Å². The van der Waals surface area contributed by atoms with Gasteiger partial charge in [0, 0.05) is 32.5 Å². The number of amides is 1. The van der Waals surface area contributed by atoms with E-state index in [1.54, 1.807) is 26.8 Å². The van der Waals surface area contributed by atoms with E-state index < -0.39 is 33.7 Å². The molecule has 2 aromatic rings. The standard InChI is InChI=1S/C19H23N5O5S/c1-6-23-10-14(9-20)18(26)24(19(23)27)11-17(25)21-16-8-15(7-12(2)13(16)3)30(28,29)22(4)5/h7-8,10H,6,11H2,1-5H3,(H,21,25). The summed E-state index contributed by atoms with van der Waals surface area (Å²) in [5.74, 6) is -0.700. The first kappa shape index (κ1) is 23.1. The number of nitrogens with one attached hydrogen (secondary N) is 1. The molecule has 10 nitrogen and oxygen atoms in total. The number of hydrogen-bond acceptors (Lipinski definition) is 6. The Kier molecular flexibility index (Phi) is 6.64. The molecule has 0 bridgehead atoms. The fraction of sp³-hybridized carbons (Fsp3) is 0.368. The van der Waals surface area contributed by atoms with E-state index in [1.165, 1.54) is 26.2 Å². The highest BCUT2D eigenvalue weighted by atomic mass is 32.2. The highest BCUT2D eigenvalue weighted by Crippen LogP contribution is 2.25. The number of hydrogen-bond donors (Lipinski definition) is 1. The Balaban J connectivity index is 2.46. The van der Waals surface area contributed by atoms with Gasteiger partial charge < -0.3 is 5.32 Å². The first-order chi connectivity index (χ1) is 13.9. The summed E-state index contributed by atoms with van der Waals surface area (Å²) < 4.78 is 27.8. The van der Waals surface area contributed by atoms with Gasteiger partial charge in [0.1, 0.15) is 18.2 Å². The molecule has 1 heterocycles. The van der Waals surface area contributed by atoms with Crippen LogP contribution in [0, 0.1) is 25.2 Å². The van der Waals surface area contributed by atoms with E-state index in [2.05, 4.69) is 5.32 Å². The molecular weight excluding hydrogens is 410 g/mol. The van der Waals surface area contributed by atoms with Crippen molar-refractivity contribution in [2.24, 2.45) is 0 Å². The Labute approximate surface area is 174 Å². The van der Waals surface area contributed by atoms with Gasteiger partial charge in [0.05, 0.1) is 4.90 Å². The lowest BCUT2D eigenvalue weighted by Crippen LogP contribution is -2.43. The Morgan fingerprint density at radius 1 is 1.23 bits per heavy atom. The molecule has 1 amide bonds. The predicted molar refractivity (Wildman–Crippen MR) is 111 cm³/mol. The molecule has 0 fully saturated rings. The quantitative estimate of drug-likeness (QED) is 0.701. The van der Waals surface area contributed by atoms with Crippen molar-refractivity contribution >= 4 is 21.6 Å². The number of aryl methyl sites for hydroxylation is 2. The Morgan fingerprint density at radius 2 is 1.87 bits per heavy atom. The van der Waals surface area contributed by atoms with Gasteiger partial charge >= 0.3 is 5.69 Å². The van der Waals surface area contributed by atoms with Gasteiger partial charge in [-0.3, -0.25) is 14.2 Å². The molecule has 11 heteroatoms. The topological polar surface area (TPSA) is 134 Å². The number of aromatic nitrogens is 2. The van der Waals surface area contributed by atoms with Crippen molar-refractivity contribution in [2.45, 2.75) is 38.8 Å². The Morgan fingerprint density at radius 3 is 2.40 bits per heavy atom. The molecule has 1 aromatic heterocycles. The van der Waals surface area contributed by atoms with E-state index >= 15 is 0 Å². The number of nitriles is 1. The smallest absolute Gasteiger partial charge is 0.324 e. The molecule has 0 aliphatic heterocycles. The zero-order chi connectivity index (χ0) is 22.8. The van der Waals surface area contributed by atoms with Gasteiger partial charge in [-0.25, -0.2) is 22.1 Å². The van der Waals surface area contributed by atoms with Crippen LogP contribution in [0.15, 0.2) is 32.8 Å². The van der Waals surface area contributed by atoms with Crippen LogP contribution in [0.1, 0.15) is 23.6 Å². The van der Waals surface area contributed by atoms with Crippen molar-refractivity contribution in [1.82, 2.24) is 13.4 Å². The fourth-order valence-corrected chi connectivity index (χ4v) is 3.76. The Hall–Kier alpha value is -3.23. The summed E-state index contributed by atoms with van der Waals surface area (Å²) in [7, 11) is -0.929. The third-order valence-electron chi connectivity index (χ3n) is 4.69. The number of nitrogens with zero attached hydrogens (tertiary/aromatic N) is 4. The van der Waals surface area contributed by atoms with Crippen LogP contribution in [-0.2, 0) is 27.9 Å². The third-order valence-corrected chi connectivity index (χ3v) is 6.49. The van der Waals surface area contributed by atoms with Crippen LogP contribution in [0.2, 0.25) is 0 Å². The molecule has 0 radical (unpaired) electrons. The number of carbonyl (C=O) groups excluding carboxylic acids is 1. The summed E-state index contributed by atoms with van der Waals surface area (Å²) in [4.78, 5) is 37.3. The van der Waals surface area contributed by atoms with Crippen LogP contribution in [0.3, 0.4) is 0 Å². The zero-order valence-corrected chi connectivity index (χ0v) is 18.2. The zero-order valence-electron chi connectivity index (χ0n) is 17.4. The van der Waals surface area contributed by atoms with Crippen molar-refractivity contribution in [2.75, 3.05) is 19.4 Å². The number of carbonyl (C=O) groups is 1. The van der Waals surface area contributed by atoms with Gasteiger partial charge in [-0.15, -0.1) is 0 Å². The molecule has 2 rings (SSSR count). The second kappa shape index (κ2) is 8.64. The van der Waals surface area contributed by atoms with E-state index in [1.807, 2.05) is 0 Å². The fourth-order valence-electron chi connectivity index (χ4n) is 2.75. The number of benzene rings is 1. The summed E-state index contributed by atoms with van der Waals surface area (Å²) in [6, 6.07) is 4.54. The van der Waals surface area contributed by atoms with E-state index in [9.17, 15) is 22.8 Å². The highest BCUT2D eigenvalue weighted by molar-refractivity contribution is 7.89. The predicted octanol–water partition coefficient (Wildman–Crippen LogP) is 0.407. The lowest BCUT2D eigenvalue weighted by atomic mass is 10.1. The maximum absolute atomic E-state index is 12.6. The summed E-state index contributed by atoms with van der Waals surface area (Å²) in [6.07, 6.45) is 1.15. The summed E-state index contributed by atoms with van der Waals surface area (Å²) in [6.45, 7) is 4.69. The minimum absolute atomic E-state index is 0.00267. The summed E-state index contributed by atoms with van der Waals surface area (Å²) in [5.41, 5.74) is -0.292. The van der Waals surface area contributed by atoms with Crippen molar-refractivity contribution < 1.29 is 13.2 Å². The minimum atomic E-state index is -3.73. The van der Waals surface area contributed by atoms with Crippen LogP contribution in [0.5, 0.6) is 0 Å². The van der Waals surface area contributed by atoms with Gasteiger partial charge in [-0.2, -0.15) is 5.26 Å². The molecule has 0 aliphatic carbocycles. The van der Waals surface area contributed by atoms with E-state index in [4.69, 9.17) is 5.26 Å². The number of anilines is 1. The largest absolute Gasteiger partial charge is 0.331 e. The lowest BCUT2D eigenvalue weighted by molar-refractivity contribution is -0.116. The highest BCUT2D eigenvalue weighted by Gasteiger charge is 2.21. The third kappa shape index (κ3) is 4.34. The van der Waals surface area contributed by atoms with Crippen LogP contribution in [-0.4, -0.2) is 41.9 Å². The maximum atomic E-state index is 12.6. The maximum Gasteiger partial charge on any atom is 0.331 e. The molecule has 0 aliphatic rings. The van der Waals surface area contributed by atoms with Gasteiger partial charge in [-0.1, -0.05) is 0 Å². The summed E-state index contributed by atoms with van der Waals surface area (Å²) >= 11 is 0. The van der Waals surface area contributed by atoms with Crippen molar-refractivity contribution in [3.8, 4) is 6.07 Å². The van der Waals surface area contributed by atoms with Gasteiger partial charge in [-0.05, 0) is 44.0 Å². The molecule has 30 heavy (non-hydrogen) atoms. The van der Waals surface area contributed by atoms with Crippen molar-refractivity contribution in [1.29, 1.82) is 5.26 Å². The van der Waals surface area contributed by atoms with Crippen molar-refractivity contribution in [3.63, 3.8) is 0 Å². The van der Waals surface area contributed by atoms with Crippen LogP contribution < -0.4 is 16.6 Å². The van der Waals surface area contributed by atoms with E-state index in [0.29, 0.717) is 15.7 Å². The van der Waals surface area contributed by atoms with E-state index in [-0.39, 0.29) is 22.7 Å². The molecular formula is C19H23N5O5S. The van der Waals surface area contributed by atoms with Gasteiger partial charge in [0.15, 0.2) is 0 Å².